The predicted octanol–water partition coefficient (Wildman–Crippen LogP) is 1.94. The number of aliphatic hydroxyl groups excluding tert-OH is 2. The molecule has 4 fully saturated rings. The first kappa shape index (κ1) is 37.6. The SMILES string of the molecule is CS(=O)(=O)c1nc(Cl)cc(N2CCOCC2)n1.Cl.NC1CCC(O)C1.OC1CCC(Nc2nc(Cl)cc(N3CCOCC3)n2)C1. The molecule has 0 bridgehead atoms. The molecule has 4 heterocycles. The quantitative estimate of drug-likeness (QED) is 0.260. The van der Waals surface area contributed by atoms with Gasteiger partial charge >= 0.3 is 0 Å². The molecular formula is C27H43Cl3N8O6S. The third-order valence-corrected chi connectivity index (χ3v) is 8.76. The molecule has 2 aromatic rings. The monoisotopic (exact) mass is 712 g/mol. The van der Waals surface area contributed by atoms with Crippen molar-refractivity contribution in [3.8, 4) is 0 Å². The Bertz CT molecular complexity index is 1310. The molecule has 0 spiro atoms. The van der Waals surface area contributed by atoms with E-state index in [1.54, 1.807) is 12.1 Å². The summed E-state index contributed by atoms with van der Waals surface area (Å²) in [6.07, 6.45) is 5.95. The van der Waals surface area contributed by atoms with Crippen LogP contribution >= 0.6 is 35.6 Å². The van der Waals surface area contributed by atoms with Gasteiger partial charge in [-0.1, -0.05) is 23.2 Å². The lowest BCUT2D eigenvalue weighted by molar-refractivity contribution is 0.122. The van der Waals surface area contributed by atoms with Gasteiger partial charge in [0.25, 0.3) is 0 Å². The number of hydrogen-bond acceptors (Lipinski definition) is 14. The first-order valence-corrected chi connectivity index (χ1v) is 17.4. The Hall–Kier alpha value is -1.82. The summed E-state index contributed by atoms with van der Waals surface area (Å²) in [6, 6.07) is 3.83. The maximum absolute atomic E-state index is 11.4. The van der Waals surface area contributed by atoms with Crippen molar-refractivity contribution in [2.45, 2.75) is 68.0 Å². The zero-order chi connectivity index (χ0) is 31.7. The second kappa shape index (κ2) is 17.9. The average Bonchev–Trinajstić information content (AvgIpc) is 3.59. The highest BCUT2D eigenvalue weighted by Gasteiger charge is 2.24. The highest BCUT2D eigenvalue weighted by Crippen LogP contribution is 2.25. The van der Waals surface area contributed by atoms with Crippen LogP contribution in [-0.2, 0) is 19.3 Å². The van der Waals surface area contributed by atoms with E-state index in [1.165, 1.54) is 0 Å². The highest BCUT2D eigenvalue weighted by atomic mass is 35.5. The van der Waals surface area contributed by atoms with E-state index >= 15 is 0 Å². The second-order valence-corrected chi connectivity index (χ2v) is 13.9. The van der Waals surface area contributed by atoms with Gasteiger partial charge in [-0.3, -0.25) is 0 Å². The Morgan fingerprint density at radius 1 is 0.822 bits per heavy atom. The van der Waals surface area contributed by atoms with Crippen LogP contribution in [0.2, 0.25) is 10.3 Å². The Kier molecular flexibility index (Phi) is 15.0. The van der Waals surface area contributed by atoms with Gasteiger partial charge in [-0.05, 0) is 38.5 Å². The molecule has 0 radical (unpaired) electrons. The number of morpholine rings is 2. The molecule has 254 valence electrons. The third-order valence-electron chi connectivity index (χ3n) is 7.53. The molecule has 2 aromatic heterocycles. The van der Waals surface area contributed by atoms with Crippen LogP contribution in [0, 0.1) is 0 Å². The molecule has 2 aliphatic heterocycles. The lowest BCUT2D eigenvalue weighted by atomic mass is 10.2. The van der Waals surface area contributed by atoms with Gasteiger partial charge < -0.3 is 40.5 Å². The van der Waals surface area contributed by atoms with E-state index in [0.29, 0.717) is 56.4 Å². The van der Waals surface area contributed by atoms with Crippen molar-refractivity contribution in [2.75, 3.05) is 74.0 Å². The number of halogens is 3. The van der Waals surface area contributed by atoms with Gasteiger partial charge in [-0.2, -0.15) is 4.98 Å². The topological polar surface area (TPSA) is 189 Å². The number of anilines is 3. The van der Waals surface area contributed by atoms with E-state index in [9.17, 15) is 13.5 Å². The van der Waals surface area contributed by atoms with Gasteiger partial charge in [0.2, 0.25) is 20.9 Å². The molecule has 4 unspecified atom stereocenters. The highest BCUT2D eigenvalue weighted by molar-refractivity contribution is 7.90. The maximum atomic E-state index is 11.4. The van der Waals surface area contributed by atoms with E-state index in [4.69, 9.17) is 43.5 Å². The molecule has 4 aliphatic rings. The summed E-state index contributed by atoms with van der Waals surface area (Å²) in [6.45, 7) is 5.56. The van der Waals surface area contributed by atoms with Crippen molar-refractivity contribution in [2.24, 2.45) is 5.73 Å². The first-order chi connectivity index (χ1) is 21.0. The summed E-state index contributed by atoms with van der Waals surface area (Å²) in [5.74, 6) is 1.89. The molecule has 0 aromatic carbocycles. The van der Waals surface area contributed by atoms with Crippen molar-refractivity contribution >= 4 is 63.0 Å². The predicted molar refractivity (Wildman–Crippen MR) is 176 cm³/mol. The normalized spacial score (nSPS) is 24.9. The minimum atomic E-state index is -3.45. The molecule has 2 saturated carbocycles. The van der Waals surface area contributed by atoms with Crippen LogP contribution in [0.4, 0.5) is 17.6 Å². The number of hydrogen-bond donors (Lipinski definition) is 4. The van der Waals surface area contributed by atoms with Crippen molar-refractivity contribution < 1.29 is 28.1 Å². The number of sulfone groups is 1. The summed E-state index contributed by atoms with van der Waals surface area (Å²) in [5.41, 5.74) is 5.47. The van der Waals surface area contributed by atoms with Gasteiger partial charge in [0.05, 0.1) is 38.6 Å². The fraction of sp³-hybridized carbons (Fsp3) is 0.704. The van der Waals surface area contributed by atoms with Crippen LogP contribution in [0.3, 0.4) is 0 Å². The van der Waals surface area contributed by atoms with Crippen LogP contribution in [0.15, 0.2) is 17.3 Å². The summed E-state index contributed by atoms with van der Waals surface area (Å²) in [7, 11) is -3.45. The minimum absolute atomic E-state index is 0. The van der Waals surface area contributed by atoms with Crippen molar-refractivity contribution in [3.05, 3.63) is 22.4 Å². The van der Waals surface area contributed by atoms with Gasteiger partial charge in [0.15, 0.2) is 0 Å². The van der Waals surface area contributed by atoms with E-state index in [0.717, 1.165) is 63.7 Å². The molecule has 18 heteroatoms. The first-order valence-electron chi connectivity index (χ1n) is 14.8. The molecule has 4 atom stereocenters. The van der Waals surface area contributed by atoms with Crippen LogP contribution in [-0.4, -0.2) is 122 Å². The molecule has 2 aliphatic carbocycles. The molecule has 2 saturated heterocycles. The summed E-state index contributed by atoms with van der Waals surface area (Å²) in [5, 5.41) is 22.0. The van der Waals surface area contributed by atoms with Crippen LogP contribution in [0.1, 0.15) is 38.5 Å². The standard InChI is InChI=1S/C13H19ClN4O2.C9H12ClN3O3S.C5H11NO.ClH/c14-11-8-12(18-3-5-20-6-4-18)17-13(16-11)15-9-1-2-10(19)7-9;1-17(14,15)9-11-7(10)6-8(12-9)13-2-4-16-5-3-13;6-4-1-2-5(7)3-4;/h8-10,19H,1-7H2,(H,15,16,17);6H,2-5H2,1H3;4-5,7H,1-3,6H2;1H. The van der Waals surface area contributed by atoms with E-state index in [1.807, 2.05) is 4.90 Å². The molecule has 5 N–H and O–H groups in total. The molecule has 14 nitrogen and oxygen atoms in total. The minimum Gasteiger partial charge on any atom is -0.393 e. The number of rotatable bonds is 5. The fourth-order valence-corrected chi connectivity index (χ4v) is 6.12. The Morgan fingerprint density at radius 3 is 1.78 bits per heavy atom. The molecular weight excluding hydrogens is 671 g/mol. The fourth-order valence-electron chi connectivity index (χ4n) is 5.19. The summed E-state index contributed by atoms with van der Waals surface area (Å²) >= 11 is 11.9. The van der Waals surface area contributed by atoms with E-state index in [-0.39, 0.29) is 47.0 Å². The number of nitrogens with two attached hydrogens (primary N) is 1. The van der Waals surface area contributed by atoms with E-state index in [2.05, 4.69) is 30.2 Å². The second-order valence-electron chi connectivity index (χ2n) is 11.2. The molecule has 6 rings (SSSR count). The molecule has 45 heavy (non-hydrogen) atoms. The average molecular weight is 714 g/mol. The van der Waals surface area contributed by atoms with Crippen molar-refractivity contribution in [1.29, 1.82) is 0 Å². The van der Waals surface area contributed by atoms with Gasteiger partial charge in [-0.15, -0.1) is 12.4 Å². The summed E-state index contributed by atoms with van der Waals surface area (Å²) in [4.78, 5) is 20.5. The largest absolute Gasteiger partial charge is 0.393 e. The van der Waals surface area contributed by atoms with Crippen LogP contribution in [0.25, 0.3) is 0 Å². The van der Waals surface area contributed by atoms with Gasteiger partial charge in [0.1, 0.15) is 21.9 Å². The zero-order valence-electron chi connectivity index (χ0n) is 25.2. The van der Waals surface area contributed by atoms with E-state index < -0.39 is 9.84 Å². The van der Waals surface area contributed by atoms with Gasteiger partial charge in [-0.25, -0.2) is 23.4 Å². The number of nitrogens with one attached hydrogen (secondary N) is 1. The molecule has 0 amide bonds. The lowest BCUT2D eigenvalue weighted by Crippen LogP contribution is -2.37. The maximum Gasteiger partial charge on any atom is 0.250 e. The summed E-state index contributed by atoms with van der Waals surface area (Å²) < 4.78 is 33.3. The number of aliphatic hydroxyl groups is 2. The number of nitrogens with zero attached hydrogens (tertiary/aromatic N) is 6. The number of aromatic nitrogens is 4. The number of ether oxygens (including phenoxy) is 2. The van der Waals surface area contributed by atoms with Crippen molar-refractivity contribution in [1.82, 2.24) is 19.9 Å². The Labute approximate surface area is 280 Å². The lowest BCUT2D eigenvalue weighted by Gasteiger charge is -2.28. The van der Waals surface area contributed by atoms with Crippen LogP contribution < -0.4 is 20.9 Å². The Balaban J connectivity index is 0.000000201. The smallest absolute Gasteiger partial charge is 0.250 e. The van der Waals surface area contributed by atoms with Crippen LogP contribution in [0.5, 0.6) is 0 Å². The zero-order valence-corrected chi connectivity index (χ0v) is 28.4. The van der Waals surface area contributed by atoms with Crippen molar-refractivity contribution in [3.63, 3.8) is 0 Å². The Morgan fingerprint density at radius 2 is 1.33 bits per heavy atom. The van der Waals surface area contributed by atoms with Gasteiger partial charge in [0, 0.05) is 56.7 Å². The third kappa shape index (κ3) is 12.4.